The van der Waals surface area contributed by atoms with E-state index < -0.39 is 0 Å². The molecular formula is C18H24ClN3O3. The molecule has 2 aliphatic rings. The summed E-state index contributed by atoms with van der Waals surface area (Å²) in [5, 5.41) is 3.50. The number of morpholine rings is 1. The number of likely N-dealkylation sites (tertiary alicyclic amines) is 1. The van der Waals surface area contributed by atoms with E-state index in [-0.39, 0.29) is 17.9 Å². The number of aryl methyl sites for hydroxylation is 1. The quantitative estimate of drug-likeness (QED) is 0.876. The summed E-state index contributed by atoms with van der Waals surface area (Å²) < 4.78 is 5.30. The van der Waals surface area contributed by atoms with Gasteiger partial charge in [0, 0.05) is 36.9 Å². The van der Waals surface area contributed by atoms with E-state index in [1.807, 2.05) is 24.0 Å². The van der Waals surface area contributed by atoms with Gasteiger partial charge in [-0.25, -0.2) is 4.79 Å². The molecule has 0 bridgehead atoms. The van der Waals surface area contributed by atoms with Crippen LogP contribution in [0.5, 0.6) is 0 Å². The molecule has 3 amide bonds. The minimum absolute atomic E-state index is 0.126. The number of carbonyl (C=O) groups excluding carboxylic acids is 2. The van der Waals surface area contributed by atoms with Gasteiger partial charge in [-0.1, -0.05) is 17.7 Å². The summed E-state index contributed by atoms with van der Waals surface area (Å²) in [5.74, 6) is 0.0124. The average molecular weight is 366 g/mol. The maximum atomic E-state index is 12.7. The molecule has 2 fully saturated rings. The highest BCUT2D eigenvalue weighted by Crippen LogP contribution is 2.23. The van der Waals surface area contributed by atoms with Crippen LogP contribution in [-0.2, 0) is 9.53 Å². The monoisotopic (exact) mass is 365 g/mol. The number of benzene rings is 1. The molecule has 25 heavy (non-hydrogen) atoms. The van der Waals surface area contributed by atoms with E-state index in [9.17, 15) is 9.59 Å². The van der Waals surface area contributed by atoms with Crippen LogP contribution in [-0.4, -0.2) is 61.1 Å². The van der Waals surface area contributed by atoms with Gasteiger partial charge in [0.1, 0.15) is 0 Å². The van der Waals surface area contributed by atoms with E-state index in [1.165, 1.54) is 0 Å². The molecular weight excluding hydrogens is 342 g/mol. The van der Waals surface area contributed by atoms with E-state index in [0.717, 1.165) is 18.4 Å². The minimum Gasteiger partial charge on any atom is -0.378 e. The lowest BCUT2D eigenvalue weighted by Crippen LogP contribution is -2.50. The topological polar surface area (TPSA) is 61.9 Å². The molecule has 7 heteroatoms. The number of rotatable bonds is 2. The first-order valence-corrected chi connectivity index (χ1v) is 9.11. The van der Waals surface area contributed by atoms with E-state index in [0.29, 0.717) is 50.1 Å². The van der Waals surface area contributed by atoms with E-state index in [4.69, 9.17) is 16.3 Å². The van der Waals surface area contributed by atoms with Gasteiger partial charge in [-0.2, -0.15) is 0 Å². The second-order valence-electron chi connectivity index (χ2n) is 6.62. The third kappa shape index (κ3) is 4.44. The van der Waals surface area contributed by atoms with Crippen LogP contribution in [0.3, 0.4) is 0 Å². The Balaban J connectivity index is 1.59. The predicted octanol–water partition coefficient (Wildman–Crippen LogP) is 2.75. The lowest BCUT2D eigenvalue weighted by molar-refractivity contribution is -0.141. The zero-order chi connectivity index (χ0) is 17.8. The van der Waals surface area contributed by atoms with Crippen LogP contribution in [0.1, 0.15) is 18.4 Å². The molecule has 136 valence electrons. The number of hydrogen-bond donors (Lipinski definition) is 1. The summed E-state index contributed by atoms with van der Waals surface area (Å²) in [4.78, 5) is 28.8. The largest absolute Gasteiger partial charge is 0.378 e. The highest BCUT2D eigenvalue weighted by molar-refractivity contribution is 6.31. The number of urea groups is 1. The molecule has 0 saturated carbocycles. The Kier molecular flexibility index (Phi) is 5.81. The standard InChI is InChI=1S/C18H24ClN3O3/c1-13-4-5-15(11-16(13)19)20-18(24)22-6-2-3-14(12-22)17(23)21-7-9-25-10-8-21/h4-5,11,14H,2-3,6-10,12H2,1H3,(H,20,24). The number of carbonyl (C=O) groups is 2. The maximum absolute atomic E-state index is 12.7. The van der Waals surface area contributed by atoms with Crippen molar-refractivity contribution in [2.75, 3.05) is 44.7 Å². The molecule has 1 aromatic carbocycles. The zero-order valence-corrected chi connectivity index (χ0v) is 15.2. The predicted molar refractivity (Wildman–Crippen MR) is 96.9 cm³/mol. The lowest BCUT2D eigenvalue weighted by Gasteiger charge is -2.36. The summed E-state index contributed by atoms with van der Waals surface area (Å²) in [7, 11) is 0. The Labute approximate surface area is 153 Å². The molecule has 2 aliphatic heterocycles. The SMILES string of the molecule is Cc1ccc(NC(=O)N2CCCC(C(=O)N3CCOCC3)C2)cc1Cl. The fourth-order valence-electron chi connectivity index (χ4n) is 3.28. The van der Waals surface area contributed by atoms with Crippen molar-refractivity contribution in [1.82, 2.24) is 9.80 Å². The van der Waals surface area contributed by atoms with Gasteiger partial charge < -0.3 is 19.9 Å². The Hall–Kier alpha value is -1.79. The Morgan fingerprint density at radius 2 is 1.96 bits per heavy atom. The van der Waals surface area contributed by atoms with Crippen LogP contribution >= 0.6 is 11.6 Å². The number of nitrogens with one attached hydrogen (secondary N) is 1. The van der Waals surface area contributed by atoms with Gasteiger partial charge in [-0.05, 0) is 37.5 Å². The summed E-state index contributed by atoms with van der Waals surface area (Å²) in [6.07, 6.45) is 1.67. The van der Waals surface area contributed by atoms with E-state index >= 15 is 0 Å². The van der Waals surface area contributed by atoms with Crippen molar-refractivity contribution in [3.05, 3.63) is 28.8 Å². The van der Waals surface area contributed by atoms with Crippen molar-refractivity contribution in [1.29, 1.82) is 0 Å². The van der Waals surface area contributed by atoms with Crippen LogP contribution < -0.4 is 5.32 Å². The van der Waals surface area contributed by atoms with Crippen LogP contribution in [0.2, 0.25) is 5.02 Å². The molecule has 2 heterocycles. The molecule has 1 aromatic rings. The summed E-state index contributed by atoms with van der Waals surface area (Å²) in [6.45, 7) is 5.51. The summed E-state index contributed by atoms with van der Waals surface area (Å²) in [6, 6.07) is 5.27. The smallest absolute Gasteiger partial charge is 0.321 e. The van der Waals surface area contributed by atoms with Crippen LogP contribution in [0.25, 0.3) is 0 Å². The van der Waals surface area contributed by atoms with Gasteiger partial charge in [0.2, 0.25) is 5.91 Å². The highest BCUT2D eigenvalue weighted by atomic mass is 35.5. The van der Waals surface area contributed by atoms with Crippen molar-refractivity contribution in [3.63, 3.8) is 0 Å². The molecule has 3 rings (SSSR count). The van der Waals surface area contributed by atoms with Gasteiger partial charge in [0.25, 0.3) is 0 Å². The fraction of sp³-hybridized carbons (Fsp3) is 0.556. The zero-order valence-electron chi connectivity index (χ0n) is 14.5. The van der Waals surface area contributed by atoms with Crippen molar-refractivity contribution in [2.45, 2.75) is 19.8 Å². The highest BCUT2D eigenvalue weighted by Gasteiger charge is 2.31. The number of nitrogens with zero attached hydrogens (tertiary/aromatic N) is 2. The molecule has 2 saturated heterocycles. The fourth-order valence-corrected chi connectivity index (χ4v) is 3.46. The Bertz CT molecular complexity index is 646. The molecule has 0 aromatic heterocycles. The van der Waals surface area contributed by atoms with E-state index in [2.05, 4.69) is 5.32 Å². The van der Waals surface area contributed by atoms with Crippen molar-refractivity contribution < 1.29 is 14.3 Å². The molecule has 6 nitrogen and oxygen atoms in total. The summed E-state index contributed by atoms with van der Waals surface area (Å²) >= 11 is 6.11. The number of anilines is 1. The first-order chi connectivity index (χ1) is 12.0. The van der Waals surface area contributed by atoms with Gasteiger partial charge in [-0.15, -0.1) is 0 Å². The molecule has 0 aliphatic carbocycles. The number of amides is 3. The average Bonchev–Trinajstić information content (AvgIpc) is 2.65. The minimum atomic E-state index is -0.181. The normalized spacial score (nSPS) is 21.1. The third-order valence-corrected chi connectivity index (χ3v) is 5.21. The van der Waals surface area contributed by atoms with Gasteiger partial charge in [0.15, 0.2) is 0 Å². The molecule has 1 N–H and O–H groups in total. The van der Waals surface area contributed by atoms with E-state index in [1.54, 1.807) is 11.0 Å². The first-order valence-electron chi connectivity index (χ1n) is 8.73. The number of hydrogen-bond acceptors (Lipinski definition) is 3. The first kappa shape index (κ1) is 18.0. The van der Waals surface area contributed by atoms with Crippen LogP contribution in [0, 0.1) is 12.8 Å². The van der Waals surface area contributed by atoms with Crippen molar-refractivity contribution in [2.24, 2.45) is 5.92 Å². The molecule has 0 radical (unpaired) electrons. The van der Waals surface area contributed by atoms with Gasteiger partial charge in [-0.3, -0.25) is 4.79 Å². The number of piperidine rings is 1. The maximum Gasteiger partial charge on any atom is 0.321 e. The number of halogens is 1. The van der Waals surface area contributed by atoms with Crippen molar-refractivity contribution in [3.8, 4) is 0 Å². The molecule has 1 atom stereocenters. The van der Waals surface area contributed by atoms with Crippen LogP contribution in [0.4, 0.5) is 10.5 Å². The number of ether oxygens (including phenoxy) is 1. The van der Waals surface area contributed by atoms with Crippen molar-refractivity contribution >= 4 is 29.2 Å². The Morgan fingerprint density at radius 3 is 2.68 bits per heavy atom. The second kappa shape index (κ2) is 8.06. The van der Waals surface area contributed by atoms with Crippen LogP contribution in [0.15, 0.2) is 18.2 Å². The summed E-state index contributed by atoms with van der Waals surface area (Å²) in [5.41, 5.74) is 1.64. The molecule has 0 spiro atoms. The Morgan fingerprint density at radius 1 is 1.20 bits per heavy atom. The van der Waals surface area contributed by atoms with Gasteiger partial charge in [0.05, 0.1) is 19.1 Å². The lowest BCUT2D eigenvalue weighted by atomic mass is 9.96. The third-order valence-electron chi connectivity index (χ3n) is 4.80. The second-order valence-corrected chi connectivity index (χ2v) is 7.02. The molecule has 1 unspecified atom stereocenters. The van der Waals surface area contributed by atoms with Gasteiger partial charge >= 0.3 is 6.03 Å².